The molecule has 0 saturated carbocycles. The molecule has 0 radical (unpaired) electrons. The van der Waals surface area contributed by atoms with Gasteiger partial charge in [-0.05, 0) is 87.8 Å². The predicted molar refractivity (Wildman–Crippen MR) is 300 cm³/mol. The Morgan fingerprint density at radius 2 is 1.05 bits per heavy atom. The molecule has 73 heavy (non-hydrogen) atoms. The summed E-state index contributed by atoms with van der Waals surface area (Å²) in [7, 11) is 4.42. The Labute approximate surface area is 422 Å². The van der Waals surface area contributed by atoms with Gasteiger partial charge in [-0.15, -0.1) is 0 Å². The first-order valence-electron chi connectivity index (χ1n) is 25.0. The number of rotatable bonds is 7. The van der Waals surface area contributed by atoms with Crippen LogP contribution in [-0.4, -0.2) is 23.3 Å². The molecular weight excluding hydrogens is 893 g/mol. The van der Waals surface area contributed by atoms with Gasteiger partial charge in [-0.3, -0.25) is 13.7 Å². The SMILES string of the molecule is Cn1c2ccccc2c2c3c4ccccc4n(C)c3c3c(c4ccc(Oc5cccc(-[n+]6[c-]n(-c7c(-c8ccccc8)cccc7-c7ccccc7)c7ccccc76)c5)cc4n3-c3cc(C(C)(C)C)ccn3)c21. The molecule has 0 atom stereocenters. The molecule has 0 saturated heterocycles. The van der Waals surface area contributed by atoms with Crippen LogP contribution in [-0.2, 0) is 19.5 Å². The zero-order valence-electron chi connectivity index (χ0n) is 41.3. The average Bonchev–Trinajstić information content (AvgIpc) is 4.16. The summed E-state index contributed by atoms with van der Waals surface area (Å²) in [5.74, 6) is 2.30. The van der Waals surface area contributed by atoms with Crippen molar-refractivity contribution in [3.05, 3.63) is 224 Å². The van der Waals surface area contributed by atoms with Crippen LogP contribution in [0.4, 0.5) is 0 Å². The van der Waals surface area contributed by atoms with Crippen LogP contribution in [0, 0.1) is 6.33 Å². The summed E-state index contributed by atoms with van der Waals surface area (Å²) in [6, 6.07) is 73.3. The normalized spacial score (nSPS) is 12.2. The molecule has 0 fully saturated rings. The summed E-state index contributed by atoms with van der Waals surface area (Å²) in [5, 5.41) is 7.30. The Morgan fingerprint density at radius 1 is 0.479 bits per heavy atom. The third-order valence-electron chi connectivity index (χ3n) is 15.0. The van der Waals surface area contributed by atoms with E-state index in [1.54, 1.807) is 0 Å². The lowest BCUT2D eigenvalue weighted by Gasteiger charge is -2.20. The molecule has 0 N–H and O–H groups in total. The van der Waals surface area contributed by atoms with E-state index < -0.39 is 0 Å². The number of nitrogens with zero attached hydrogens (tertiary/aromatic N) is 6. The molecule has 9 aromatic carbocycles. The predicted octanol–water partition coefficient (Wildman–Crippen LogP) is 15.9. The van der Waals surface area contributed by atoms with Crippen LogP contribution in [0.3, 0.4) is 0 Å². The van der Waals surface area contributed by atoms with Gasteiger partial charge in [0.05, 0.1) is 44.5 Å². The highest BCUT2D eigenvalue weighted by Crippen LogP contribution is 2.49. The largest absolute Gasteiger partial charge is 0.458 e. The number of hydrogen-bond acceptors (Lipinski definition) is 2. The monoisotopic (exact) mass is 942 g/mol. The smallest absolute Gasteiger partial charge is 0.269 e. The van der Waals surface area contributed by atoms with Crippen LogP contribution in [0.2, 0.25) is 0 Å². The fraction of sp³-hybridized carbons (Fsp3) is 0.0909. The fourth-order valence-corrected chi connectivity index (χ4v) is 11.6. The topological polar surface area (TPSA) is 45.7 Å². The highest BCUT2D eigenvalue weighted by Gasteiger charge is 2.28. The number of hydrogen-bond donors (Lipinski definition) is 0. The van der Waals surface area contributed by atoms with E-state index in [2.05, 4.69) is 264 Å². The summed E-state index contributed by atoms with van der Waals surface area (Å²) in [6.45, 7) is 6.79. The van der Waals surface area contributed by atoms with Gasteiger partial charge in [-0.25, -0.2) is 4.98 Å². The molecular formula is C66H50N6O. The van der Waals surface area contributed by atoms with Crippen molar-refractivity contribution in [2.45, 2.75) is 26.2 Å². The van der Waals surface area contributed by atoms with Gasteiger partial charge in [-0.2, -0.15) is 0 Å². The van der Waals surface area contributed by atoms with E-state index in [0.29, 0.717) is 5.75 Å². The van der Waals surface area contributed by atoms with E-state index in [1.807, 2.05) is 12.3 Å². The maximum absolute atomic E-state index is 7.01. The fourth-order valence-electron chi connectivity index (χ4n) is 11.6. The maximum atomic E-state index is 7.01. The van der Waals surface area contributed by atoms with Crippen LogP contribution < -0.4 is 9.30 Å². The van der Waals surface area contributed by atoms with Gasteiger partial charge in [0.15, 0.2) is 0 Å². The van der Waals surface area contributed by atoms with E-state index in [0.717, 1.165) is 72.6 Å². The number of aromatic nitrogens is 6. The number of ether oxygens (including phenoxy) is 1. The molecule has 7 nitrogen and oxygen atoms in total. The molecule has 0 amide bonds. The summed E-state index contributed by atoms with van der Waals surface area (Å²) in [5.41, 5.74) is 16.6. The van der Waals surface area contributed by atoms with E-state index in [4.69, 9.17) is 9.72 Å². The Hall–Kier alpha value is -9.20. The Morgan fingerprint density at radius 3 is 1.74 bits per heavy atom. The third kappa shape index (κ3) is 6.51. The zero-order valence-corrected chi connectivity index (χ0v) is 41.3. The maximum Gasteiger partial charge on any atom is 0.269 e. The second kappa shape index (κ2) is 16.2. The van der Waals surface area contributed by atoms with Gasteiger partial charge in [-0.1, -0.05) is 166 Å². The number of aryl methyl sites for hydroxylation is 2. The molecule has 0 aliphatic heterocycles. The van der Waals surface area contributed by atoms with Crippen LogP contribution in [0.1, 0.15) is 26.3 Å². The van der Waals surface area contributed by atoms with Crippen LogP contribution in [0.25, 0.3) is 116 Å². The number of pyridine rings is 1. The molecule has 0 bridgehead atoms. The van der Waals surface area contributed by atoms with Gasteiger partial charge in [0.2, 0.25) is 0 Å². The van der Waals surface area contributed by atoms with Gasteiger partial charge >= 0.3 is 0 Å². The lowest BCUT2D eigenvalue weighted by atomic mass is 9.88. The number of fused-ring (bicyclic) bond motifs is 13. The quantitative estimate of drug-likeness (QED) is 0.118. The zero-order chi connectivity index (χ0) is 49.1. The summed E-state index contributed by atoms with van der Waals surface area (Å²) >= 11 is 0. The molecule has 0 spiro atoms. The van der Waals surface area contributed by atoms with Crippen molar-refractivity contribution in [3.63, 3.8) is 0 Å². The van der Waals surface area contributed by atoms with Crippen molar-refractivity contribution in [3.8, 4) is 50.9 Å². The first-order valence-corrected chi connectivity index (χ1v) is 25.0. The molecule has 7 heteroatoms. The van der Waals surface area contributed by atoms with E-state index >= 15 is 0 Å². The first-order chi connectivity index (χ1) is 35.7. The Kier molecular flexibility index (Phi) is 9.45. The molecule has 5 aromatic heterocycles. The van der Waals surface area contributed by atoms with Crippen molar-refractivity contribution in [2.75, 3.05) is 0 Å². The summed E-state index contributed by atoms with van der Waals surface area (Å²) < 4.78 is 18.5. The number of para-hydroxylation sites is 5. The molecule has 350 valence electrons. The molecule has 14 aromatic rings. The minimum absolute atomic E-state index is 0.0922. The first kappa shape index (κ1) is 42.7. The average molecular weight is 943 g/mol. The van der Waals surface area contributed by atoms with Crippen molar-refractivity contribution in [1.29, 1.82) is 0 Å². The minimum Gasteiger partial charge on any atom is -0.458 e. The highest BCUT2D eigenvalue weighted by molar-refractivity contribution is 6.40. The lowest BCUT2D eigenvalue weighted by Crippen LogP contribution is -2.29. The van der Waals surface area contributed by atoms with Crippen molar-refractivity contribution in [2.24, 2.45) is 14.1 Å². The van der Waals surface area contributed by atoms with Gasteiger partial charge in [0.1, 0.15) is 17.3 Å². The Bertz CT molecular complexity index is 4470. The van der Waals surface area contributed by atoms with Crippen molar-refractivity contribution in [1.82, 2.24) is 23.3 Å². The number of imidazole rings is 1. The summed E-state index contributed by atoms with van der Waals surface area (Å²) in [6.07, 6.45) is 5.79. The van der Waals surface area contributed by atoms with Gasteiger partial charge in [0.25, 0.3) is 6.33 Å². The number of benzene rings is 9. The third-order valence-corrected chi connectivity index (χ3v) is 15.0. The second-order valence-electron chi connectivity index (χ2n) is 20.3. The molecule has 0 unspecified atom stereocenters. The molecule has 5 heterocycles. The van der Waals surface area contributed by atoms with E-state index in [9.17, 15) is 0 Å². The van der Waals surface area contributed by atoms with E-state index in [-0.39, 0.29) is 5.41 Å². The van der Waals surface area contributed by atoms with E-state index in [1.165, 1.54) is 54.6 Å². The molecule has 0 aliphatic carbocycles. The standard InChI is InChI=1S/C66H50N6O/c1-66(2,3)44-36-37-67-58(38-44)72-57-40-47(34-35-52(57)61-63-59(50-26-12-14-30-53(50)68(63)4)60-51-27-13-15-31-54(51)69(5)64(60)65(61)72)73-46-25-18-24-45(39-46)70-41-71(56-33-17-16-32-55(56)70)62-48(42-20-8-6-9-21-42)28-19-29-49(62)43-22-10-7-11-23-43/h6-40H,1-5H3. The summed E-state index contributed by atoms with van der Waals surface area (Å²) in [4.78, 5) is 5.18. The Balaban J connectivity index is 0.974. The lowest BCUT2D eigenvalue weighted by molar-refractivity contribution is -0.572. The van der Waals surface area contributed by atoms with Gasteiger partial charge in [0, 0.05) is 69.7 Å². The molecule has 14 rings (SSSR count). The van der Waals surface area contributed by atoms with Crippen LogP contribution >= 0.6 is 0 Å². The van der Waals surface area contributed by atoms with Crippen LogP contribution in [0.15, 0.2) is 212 Å². The highest BCUT2D eigenvalue weighted by atomic mass is 16.5. The van der Waals surface area contributed by atoms with Crippen molar-refractivity contribution < 1.29 is 9.30 Å². The van der Waals surface area contributed by atoms with Gasteiger partial charge < -0.3 is 13.9 Å². The second-order valence-corrected chi connectivity index (χ2v) is 20.3. The van der Waals surface area contributed by atoms with Crippen LogP contribution in [0.5, 0.6) is 11.5 Å². The minimum atomic E-state index is -0.0922. The van der Waals surface area contributed by atoms with Crippen molar-refractivity contribution >= 4 is 76.5 Å². The molecule has 0 aliphatic rings.